The Balaban J connectivity index is 2.10. The molecule has 21 heavy (non-hydrogen) atoms. The maximum Gasteiger partial charge on any atom is 0.418 e. The number of alkyl halides is 3. The molecule has 1 unspecified atom stereocenters. The van der Waals surface area contributed by atoms with Crippen LogP contribution >= 0.6 is 0 Å². The average molecular weight is 301 g/mol. The van der Waals surface area contributed by atoms with E-state index in [2.05, 4.69) is 11.8 Å². The zero-order valence-corrected chi connectivity index (χ0v) is 12.2. The van der Waals surface area contributed by atoms with Gasteiger partial charge in [0.15, 0.2) is 0 Å². The highest BCUT2D eigenvalue weighted by Gasteiger charge is 2.35. The summed E-state index contributed by atoms with van der Waals surface area (Å²) in [7, 11) is 0. The van der Waals surface area contributed by atoms with Crippen LogP contribution in [0.25, 0.3) is 0 Å². The molecule has 2 N–H and O–H groups in total. The Morgan fingerprint density at radius 2 is 1.76 bits per heavy atom. The Kier molecular flexibility index (Phi) is 5.11. The molecule has 0 aromatic heterocycles. The number of rotatable bonds is 4. The van der Waals surface area contributed by atoms with Crippen LogP contribution in [0.4, 0.5) is 18.9 Å². The standard InChI is InChI=1S/C15H22F3N3/c1-2-12(11-19)20-7-9-21(10-8-20)14-6-4-3-5-13(14)15(16,17)18/h3-6,12H,2,7-11,19H2,1H3. The zero-order valence-electron chi connectivity index (χ0n) is 12.2. The van der Waals surface area contributed by atoms with Gasteiger partial charge in [-0.25, -0.2) is 0 Å². The Labute approximate surface area is 123 Å². The molecule has 1 atom stereocenters. The molecule has 0 amide bonds. The SMILES string of the molecule is CCC(CN)N1CCN(c2ccccc2C(F)(F)F)CC1. The van der Waals surface area contributed by atoms with E-state index in [4.69, 9.17) is 5.73 Å². The molecular weight excluding hydrogens is 279 g/mol. The third-order valence-corrected chi connectivity index (χ3v) is 4.12. The fourth-order valence-electron chi connectivity index (χ4n) is 2.89. The molecule has 1 aromatic carbocycles. The lowest BCUT2D eigenvalue weighted by Crippen LogP contribution is -2.52. The van der Waals surface area contributed by atoms with Gasteiger partial charge in [-0.2, -0.15) is 13.2 Å². The van der Waals surface area contributed by atoms with E-state index in [1.807, 2.05) is 4.90 Å². The number of benzene rings is 1. The van der Waals surface area contributed by atoms with Crippen LogP contribution in [0.1, 0.15) is 18.9 Å². The maximum atomic E-state index is 13.1. The van der Waals surface area contributed by atoms with Gasteiger partial charge < -0.3 is 10.6 Å². The van der Waals surface area contributed by atoms with Crippen LogP contribution in [-0.4, -0.2) is 43.7 Å². The largest absolute Gasteiger partial charge is 0.418 e. The summed E-state index contributed by atoms with van der Waals surface area (Å²) in [5.74, 6) is 0. The minimum atomic E-state index is -4.31. The fourth-order valence-corrected chi connectivity index (χ4v) is 2.89. The van der Waals surface area contributed by atoms with E-state index in [0.717, 1.165) is 25.6 Å². The maximum absolute atomic E-state index is 13.1. The van der Waals surface area contributed by atoms with Gasteiger partial charge in [0.1, 0.15) is 0 Å². The number of nitrogens with two attached hydrogens (primary N) is 1. The van der Waals surface area contributed by atoms with E-state index in [1.165, 1.54) is 6.07 Å². The van der Waals surface area contributed by atoms with Crippen molar-refractivity contribution in [3.63, 3.8) is 0 Å². The summed E-state index contributed by atoms with van der Waals surface area (Å²) in [6, 6.07) is 6.12. The normalized spacial score (nSPS) is 18.8. The predicted octanol–water partition coefficient (Wildman–Crippen LogP) is 2.56. The van der Waals surface area contributed by atoms with Crippen molar-refractivity contribution < 1.29 is 13.2 Å². The summed E-state index contributed by atoms with van der Waals surface area (Å²) in [5.41, 5.74) is 5.47. The molecule has 3 nitrogen and oxygen atoms in total. The smallest absolute Gasteiger partial charge is 0.368 e. The van der Waals surface area contributed by atoms with E-state index < -0.39 is 11.7 Å². The molecule has 1 aliphatic heterocycles. The molecule has 1 aliphatic rings. The van der Waals surface area contributed by atoms with Crippen LogP contribution in [0, 0.1) is 0 Å². The quantitative estimate of drug-likeness (QED) is 0.928. The van der Waals surface area contributed by atoms with Crippen LogP contribution in [0.15, 0.2) is 24.3 Å². The van der Waals surface area contributed by atoms with Crippen molar-refractivity contribution in [2.75, 3.05) is 37.6 Å². The lowest BCUT2D eigenvalue weighted by atomic mass is 10.1. The number of hydrogen-bond acceptors (Lipinski definition) is 3. The van der Waals surface area contributed by atoms with Crippen molar-refractivity contribution in [1.29, 1.82) is 0 Å². The van der Waals surface area contributed by atoms with Gasteiger partial charge in [-0.05, 0) is 18.6 Å². The molecule has 1 fully saturated rings. The molecule has 0 aliphatic carbocycles. The molecule has 0 spiro atoms. The van der Waals surface area contributed by atoms with E-state index >= 15 is 0 Å². The number of para-hydroxylation sites is 1. The van der Waals surface area contributed by atoms with Crippen LogP contribution < -0.4 is 10.6 Å². The zero-order chi connectivity index (χ0) is 15.5. The van der Waals surface area contributed by atoms with Gasteiger partial charge in [-0.3, -0.25) is 4.90 Å². The number of nitrogens with zero attached hydrogens (tertiary/aromatic N) is 2. The van der Waals surface area contributed by atoms with E-state index in [0.29, 0.717) is 25.7 Å². The van der Waals surface area contributed by atoms with E-state index in [-0.39, 0.29) is 5.69 Å². The summed E-state index contributed by atoms with van der Waals surface area (Å²) in [6.45, 7) is 5.38. The first-order valence-corrected chi connectivity index (χ1v) is 7.32. The molecule has 1 heterocycles. The molecule has 2 rings (SSSR count). The van der Waals surface area contributed by atoms with Crippen molar-refractivity contribution in [1.82, 2.24) is 4.90 Å². The molecule has 0 radical (unpaired) electrons. The lowest BCUT2D eigenvalue weighted by molar-refractivity contribution is -0.137. The summed E-state index contributed by atoms with van der Waals surface area (Å²) in [5, 5.41) is 0. The number of hydrogen-bond donors (Lipinski definition) is 1. The van der Waals surface area contributed by atoms with Crippen molar-refractivity contribution in [2.45, 2.75) is 25.6 Å². The fraction of sp³-hybridized carbons (Fsp3) is 0.600. The van der Waals surface area contributed by atoms with Gasteiger partial charge in [0.25, 0.3) is 0 Å². The van der Waals surface area contributed by atoms with Crippen LogP contribution in [0.5, 0.6) is 0 Å². The molecular formula is C15H22F3N3. The second kappa shape index (κ2) is 6.66. The van der Waals surface area contributed by atoms with Gasteiger partial charge in [0.05, 0.1) is 5.56 Å². The second-order valence-corrected chi connectivity index (χ2v) is 5.34. The van der Waals surface area contributed by atoms with Crippen molar-refractivity contribution in [3.05, 3.63) is 29.8 Å². The number of anilines is 1. The van der Waals surface area contributed by atoms with E-state index in [9.17, 15) is 13.2 Å². The van der Waals surface area contributed by atoms with Crippen LogP contribution in [0.2, 0.25) is 0 Å². The lowest BCUT2D eigenvalue weighted by Gasteiger charge is -2.40. The second-order valence-electron chi connectivity index (χ2n) is 5.34. The molecule has 1 saturated heterocycles. The van der Waals surface area contributed by atoms with Crippen molar-refractivity contribution in [3.8, 4) is 0 Å². The highest BCUT2D eigenvalue weighted by atomic mass is 19.4. The Hall–Kier alpha value is -1.27. The summed E-state index contributed by atoms with van der Waals surface area (Å²) < 4.78 is 39.2. The Bertz CT molecular complexity index is 450. The number of halogens is 3. The molecule has 0 saturated carbocycles. The number of piperazine rings is 1. The summed E-state index contributed by atoms with van der Waals surface area (Å²) >= 11 is 0. The van der Waals surface area contributed by atoms with Gasteiger partial charge in [0, 0.05) is 44.5 Å². The third kappa shape index (κ3) is 3.68. The third-order valence-electron chi connectivity index (χ3n) is 4.12. The first kappa shape index (κ1) is 16.1. The highest BCUT2D eigenvalue weighted by molar-refractivity contribution is 5.55. The van der Waals surface area contributed by atoms with Crippen molar-refractivity contribution in [2.24, 2.45) is 5.73 Å². The van der Waals surface area contributed by atoms with Gasteiger partial charge in [-0.1, -0.05) is 19.1 Å². The Morgan fingerprint density at radius 1 is 1.14 bits per heavy atom. The molecule has 1 aromatic rings. The van der Waals surface area contributed by atoms with Crippen molar-refractivity contribution >= 4 is 5.69 Å². The van der Waals surface area contributed by atoms with E-state index in [1.54, 1.807) is 12.1 Å². The average Bonchev–Trinajstić information content (AvgIpc) is 2.48. The summed E-state index contributed by atoms with van der Waals surface area (Å²) in [6.07, 6.45) is -3.34. The van der Waals surface area contributed by atoms with Gasteiger partial charge in [-0.15, -0.1) is 0 Å². The monoisotopic (exact) mass is 301 g/mol. The molecule has 118 valence electrons. The first-order valence-electron chi connectivity index (χ1n) is 7.32. The van der Waals surface area contributed by atoms with Gasteiger partial charge >= 0.3 is 6.18 Å². The molecule has 0 bridgehead atoms. The first-order chi connectivity index (χ1) is 9.97. The summed E-state index contributed by atoms with van der Waals surface area (Å²) in [4.78, 5) is 4.09. The van der Waals surface area contributed by atoms with Crippen LogP contribution in [-0.2, 0) is 6.18 Å². The topological polar surface area (TPSA) is 32.5 Å². The minimum absolute atomic E-state index is 0.283. The molecule has 6 heteroatoms. The van der Waals surface area contributed by atoms with Crippen LogP contribution in [0.3, 0.4) is 0 Å². The highest BCUT2D eigenvalue weighted by Crippen LogP contribution is 2.36. The predicted molar refractivity (Wildman–Crippen MR) is 78.4 cm³/mol. The van der Waals surface area contributed by atoms with Gasteiger partial charge in [0.2, 0.25) is 0 Å². The minimum Gasteiger partial charge on any atom is -0.368 e. The Morgan fingerprint density at radius 3 is 2.29 bits per heavy atom.